The minimum Gasteiger partial charge on any atom is -0.497 e. The molecule has 29 heavy (non-hydrogen) atoms. The molecule has 1 unspecified atom stereocenters. The molecule has 0 aliphatic carbocycles. The molecule has 1 aromatic carbocycles. The maximum absolute atomic E-state index is 13.0. The molecule has 1 atom stereocenters. The first-order chi connectivity index (χ1) is 13.9. The molecule has 2 heterocycles. The summed E-state index contributed by atoms with van der Waals surface area (Å²) in [6.45, 7) is 2.83. The highest BCUT2D eigenvalue weighted by Gasteiger charge is 2.31. The van der Waals surface area contributed by atoms with Crippen molar-refractivity contribution in [2.24, 2.45) is 0 Å². The van der Waals surface area contributed by atoms with Gasteiger partial charge in [0.2, 0.25) is 10.0 Å². The molecule has 1 aliphatic heterocycles. The van der Waals surface area contributed by atoms with Crippen LogP contribution < -0.4 is 14.8 Å². The van der Waals surface area contributed by atoms with Crippen LogP contribution in [0.4, 0.5) is 0 Å². The van der Waals surface area contributed by atoms with Crippen molar-refractivity contribution in [2.45, 2.75) is 37.1 Å². The normalized spacial score (nSPS) is 16.2. The van der Waals surface area contributed by atoms with E-state index in [1.807, 2.05) is 13.0 Å². The van der Waals surface area contributed by atoms with Gasteiger partial charge in [0.25, 0.3) is 5.91 Å². The van der Waals surface area contributed by atoms with E-state index in [1.165, 1.54) is 10.4 Å². The maximum atomic E-state index is 13.0. The predicted octanol–water partition coefficient (Wildman–Crippen LogP) is 3.43. The number of hydrogen-bond donors (Lipinski definition) is 1. The van der Waals surface area contributed by atoms with E-state index in [9.17, 15) is 13.2 Å². The number of nitrogens with one attached hydrogen (secondary N) is 1. The number of ether oxygens (including phenoxy) is 2. The summed E-state index contributed by atoms with van der Waals surface area (Å²) in [6.07, 6.45) is 2.72. The molecule has 1 amide bonds. The summed E-state index contributed by atoms with van der Waals surface area (Å²) in [7, 11) is -0.554. The van der Waals surface area contributed by atoms with E-state index in [2.05, 4.69) is 5.32 Å². The van der Waals surface area contributed by atoms with E-state index in [1.54, 1.807) is 31.7 Å². The molecule has 0 saturated carbocycles. The second kappa shape index (κ2) is 9.15. The van der Waals surface area contributed by atoms with Crippen LogP contribution in [0.3, 0.4) is 0 Å². The molecule has 0 bridgehead atoms. The van der Waals surface area contributed by atoms with Crippen molar-refractivity contribution in [2.75, 3.05) is 27.3 Å². The van der Waals surface area contributed by atoms with Gasteiger partial charge in [0.1, 0.15) is 21.3 Å². The number of hydrogen-bond acceptors (Lipinski definition) is 6. The standard InChI is InChI=1S/C20H26N2O5S2/c1-14(16-8-7-15(26-2)13-17(16)27-3)21-20(23)19-18(9-12-28-19)29(24,25)22-10-5-4-6-11-22/h7-9,12-14H,4-6,10-11H2,1-3H3,(H,21,23). The molecule has 1 saturated heterocycles. The number of thiophene rings is 1. The smallest absolute Gasteiger partial charge is 0.263 e. The Morgan fingerprint density at radius 2 is 1.86 bits per heavy atom. The molecule has 2 aromatic rings. The Balaban J connectivity index is 1.81. The average Bonchev–Trinajstić information content (AvgIpc) is 3.25. The van der Waals surface area contributed by atoms with Crippen molar-refractivity contribution in [3.8, 4) is 11.5 Å². The van der Waals surface area contributed by atoms with Gasteiger partial charge in [0.05, 0.1) is 20.3 Å². The molecule has 7 nitrogen and oxygen atoms in total. The van der Waals surface area contributed by atoms with Crippen LogP contribution >= 0.6 is 11.3 Å². The van der Waals surface area contributed by atoms with E-state index < -0.39 is 15.9 Å². The highest BCUT2D eigenvalue weighted by molar-refractivity contribution is 7.89. The first-order valence-electron chi connectivity index (χ1n) is 9.49. The molecule has 1 fully saturated rings. The van der Waals surface area contributed by atoms with E-state index in [0.29, 0.717) is 24.6 Å². The number of carbonyl (C=O) groups excluding carboxylic acids is 1. The highest BCUT2D eigenvalue weighted by Crippen LogP contribution is 2.31. The third kappa shape index (κ3) is 4.57. The minimum absolute atomic E-state index is 0.0794. The lowest BCUT2D eigenvalue weighted by Crippen LogP contribution is -2.36. The second-order valence-electron chi connectivity index (χ2n) is 6.88. The van der Waals surface area contributed by atoms with Crippen LogP contribution in [-0.4, -0.2) is 45.9 Å². The van der Waals surface area contributed by atoms with Gasteiger partial charge >= 0.3 is 0 Å². The van der Waals surface area contributed by atoms with E-state index in [0.717, 1.165) is 36.2 Å². The molecule has 0 spiro atoms. The van der Waals surface area contributed by atoms with Crippen molar-refractivity contribution in [3.05, 3.63) is 40.1 Å². The van der Waals surface area contributed by atoms with Crippen molar-refractivity contribution in [1.29, 1.82) is 0 Å². The third-order valence-corrected chi connectivity index (χ3v) is 8.01. The Kier molecular flexibility index (Phi) is 6.81. The number of methoxy groups -OCH3 is 2. The third-order valence-electron chi connectivity index (χ3n) is 5.02. The van der Waals surface area contributed by atoms with Gasteiger partial charge in [-0.2, -0.15) is 4.31 Å². The lowest BCUT2D eigenvalue weighted by Gasteiger charge is -2.26. The number of nitrogens with zero attached hydrogens (tertiary/aromatic N) is 1. The first-order valence-corrected chi connectivity index (χ1v) is 11.8. The molecule has 0 radical (unpaired) electrons. The van der Waals surface area contributed by atoms with Gasteiger partial charge in [-0.1, -0.05) is 6.42 Å². The van der Waals surface area contributed by atoms with Crippen LogP contribution in [0.15, 0.2) is 34.5 Å². The molecular weight excluding hydrogens is 412 g/mol. The summed E-state index contributed by atoms with van der Waals surface area (Å²) in [5.41, 5.74) is 0.777. The zero-order chi connectivity index (χ0) is 21.0. The van der Waals surface area contributed by atoms with E-state index >= 15 is 0 Å². The summed E-state index contributed by atoms with van der Waals surface area (Å²) in [4.78, 5) is 13.2. The highest BCUT2D eigenvalue weighted by atomic mass is 32.2. The van der Waals surface area contributed by atoms with Crippen molar-refractivity contribution in [3.63, 3.8) is 0 Å². The van der Waals surface area contributed by atoms with Crippen LogP contribution in [0.2, 0.25) is 0 Å². The lowest BCUT2D eigenvalue weighted by atomic mass is 10.1. The SMILES string of the molecule is COc1ccc(C(C)NC(=O)c2sccc2S(=O)(=O)N2CCCCC2)c(OC)c1. The lowest BCUT2D eigenvalue weighted by molar-refractivity contribution is 0.0940. The van der Waals surface area contributed by atoms with Crippen LogP contribution in [0.1, 0.15) is 47.5 Å². The zero-order valence-electron chi connectivity index (χ0n) is 16.8. The van der Waals surface area contributed by atoms with Gasteiger partial charge in [0.15, 0.2) is 0 Å². The largest absolute Gasteiger partial charge is 0.497 e. The number of amides is 1. The molecule has 3 rings (SSSR count). The Labute approximate surface area is 175 Å². The van der Waals surface area contributed by atoms with Crippen molar-refractivity contribution < 1.29 is 22.7 Å². The monoisotopic (exact) mass is 438 g/mol. The summed E-state index contributed by atoms with van der Waals surface area (Å²) >= 11 is 1.13. The molecule has 158 valence electrons. The second-order valence-corrected chi connectivity index (χ2v) is 9.70. The van der Waals surface area contributed by atoms with Crippen molar-refractivity contribution in [1.82, 2.24) is 9.62 Å². The number of benzene rings is 1. The van der Waals surface area contributed by atoms with Gasteiger partial charge in [-0.15, -0.1) is 11.3 Å². The molecular formula is C20H26N2O5S2. The fourth-order valence-corrected chi connectivity index (χ4v) is 6.25. The Morgan fingerprint density at radius 3 is 2.52 bits per heavy atom. The fourth-order valence-electron chi connectivity index (χ4n) is 3.43. The maximum Gasteiger partial charge on any atom is 0.263 e. The van der Waals surface area contributed by atoms with Crippen LogP contribution in [-0.2, 0) is 10.0 Å². The Bertz CT molecular complexity index is 965. The summed E-state index contributed by atoms with van der Waals surface area (Å²) in [6, 6.07) is 6.49. The van der Waals surface area contributed by atoms with Gasteiger partial charge in [0, 0.05) is 24.7 Å². The summed E-state index contributed by atoms with van der Waals surface area (Å²) < 4.78 is 38.1. The van der Waals surface area contributed by atoms with Crippen LogP contribution in [0.5, 0.6) is 11.5 Å². The predicted molar refractivity (Wildman–Crippen MR) is 112 cm³/mol. The molecule has 1 aromatic heterocycles. The quantitative estimate of drug-likeness (QED) is 0.716. The summed E-state index contributed by atoms with van der Waals surface area (Å²) in [5, 5.41) is 4.54. The number of rotatable bonds is 7. The Morgan fingerprint density at radius 1 is 1.14 bits per heavy atom. The summed E-state index contributed by atoms with van der Waals surface area (Å²) in [5.74, 6) is 0.822. The van der Waals surface area contributed by atoms with E-state index in [-0.39, 0.29) is 15.8 Å². The van der Waals surface area contributed by atoms with Crippen molar-refractivity contribution >= 4 is 27.3 Å². The number of sulfonamides is 1. The molecule has 1 N–H and O–H groups in total. The molecule has 9 heteroatoms. The molecule has 1 aliphatic rings. The topological polar surface area (TPSA) is 84.9 Å². The zero-order valence-corrected chi connectivity index (χ0v) is 18.4. The fraction of sp³-hybridized carbons (Fsp3) is 0.450. The van der Waals surface area contributed by atoms with Gasteiger partial charge in [-0.3, -0.25) is 4.79 Å². The van der Waals surface area contributed by atoms with Gasteiger partial charge in [-0.25, -0.2) is 8.42 Å². The van der Waals surface area contributed by atoms with Gasteiger partial charge in [-0.05, 0) is 43.3 Å². The average molecular weight is 439 g/mol. The first kappa shape index (κ1) is 21.6. The minimum atomic E-state index is -3.67. The van der Waals surface area contributed by atoms with Crippen LogP contribution in [0.25, 0.3) is 0 Å². The Hall–Kier alpha value is -2.10. The van der Waals surface area contributed by atoms with E-state index in [4.69, 9.17) is 9.47 Å². The van der Waals surface area contributed by atoms with Gasteiger partial charge < -0.3 is 14.8 Å². The number of carbonyl (C=O) groups is 1. The van der Waals surface area contributed by atoms with Crippen LogP contribution in [0, 0.1) is 0 Å². The number of piperidine rings is 1.